The molecule has 1 atom stereocenters. The summed E-state index contributed by atoms with van der Waals surface area (Å²) in [6, 6.07) is 2.74. The largest absolute Gasteiger partial charge is 0.481 e. The average Bonchev–Trinajstić information content (AvgIpc) is 2.01. The third-order valence-electron chi connectivity index (χ3n) is 1.76. The summed E-state index contributed by atoms with van der Waals surface area (Å²) >= 11 is 0. The van der Waals surface area contributed by atoms with Crippen LogP contribution in [0.2, 0.25) is 0 Å². The van der Waals surface area contributed by atoms with E-state index in [4.69, 9.17) is 5.11 Å². The van der Waals surface area contributed by atoms with Crippen molar-refractivity contribution in [2.45, 2.75) is 12.8 Å². The van der Waals surface area contributed by atoms with E-state index in [9.17, 15) is 13.6 Å². The van der Waals surface area contributed by atoms with Crippen molar-refractivity contribution in [3.05, 3.63) is 35.4 Å². The van der Waals surface area contributed by atoms with Crippen molar-refractivity contribution in [2.75, 3.05) is 0 Å². The highest BCUT2D eigenvalue weighted by Gasteiger charge is 2.15. The van der Waals surface area contributed by atoms with E-state index >= 15 is 0 Å². The molecule has 0 fully saturated rings. The van der Waals surface area contributed by atoms with Gasteiger partial charge in [-0.25, -0.2) is 8.78 Å². The zero-order valence-corrected chi connectivity index (χ0v) is 6.92. The maximum atomic E-state index is 12.6. The van der Waals surface area contributed by atoms with Gasteiger partial charge in [-0.1, -0.05) is 0 Å². The maximum absolute atomic E-state index is 12.6. The molecule has 1 aromatic carbocycles. The lowest BCUT2D eigenvalue weighted by atomic mass is 10.0. The van der Waals surface area contributed by atoms with Gasteiger partial charge in [0.1, 0.15) is 11.6 Å². The van der Waals surface area contributed by atoms with Crippen LogP contribution < -0.4 is 0 Å². The zero-order chi connectivity index (χ0) is 10.0. The van der Waals surface area contributed by atoms with Gasteiger partial charge in [0.2, 0.25) is 0 Å². The summed E-state index contributed by atoms with van der Waals surface area (Å²) in [6.45, 7) is 1.37. The predicted molar refractivity (Wildman–Crippen MR) is 42.4 cm³/mol. The molecule has 13 heavy (non-hydrogen) atoms. The van der Waals surface area contributed by atoms with Gasteiger partial charge in [-0.3, -0.25) is 4.79 Å². The molecule has 1 unspecified atom stereocenters. The normalized spacial score (nSPS) is 12.5. The fourth-order valence-corrected chi connectivity index (χ4v) is 0.968. The van der Waals surface area contributed by atoms with Crippen molar-refractivity contribution in [3.63, 3.8) is 0 Å². The summed E-state index contributed by atoms with van der Waals surface area (Å²) in [7, 11) is 0. The van der Waals surface area contributed by atoms with E-state index in [1.807, 2.05) is 0 Å². The quantitative estimate of drug-likeness (QED) is 0.768. The predicted octanol–water partition coefficient (Wildman–Crippen LogP) is 2.15. The Bertz CT molecular complexity index is 316. The number of carboxylic acids is 1. The molecular weight excluding hydrogens is 178 g/mol. The Kier molecular flexibility index (Phi) is 2.60. The van der Waals surface area contributed by atoms with Crippen LogP contribution in [0.4, 0.5) is 8.78 Å². The highest BCUT2D eigenvalue weighted by molar-refractivity contribution is 5.75. The standard InChI is InChI=1S/C9H8F2O2/c1-5(9(12)13)6-2-7(10)4-8(11)3-6/h2-5H,1H3,(H,12,13). The van der Waals surface area contributed by atoms with Crippen LogP contribution in [0.1, 0.15) is 18.4 Å². The highest BCUT2D eigenvalue weighted by Crippen LogP contribution is 2.17. The molecule has 0 aliphatic heterocycles. The monoisotopic (exact) mass is 186 g/mol. The minimum absolute atomic E-state index is 0.130. The average molecular weight is 186 g/mol. The Morgan fingerprint density at radius 1 is 1.31 bits per heavy atom. The van der Waals surface area contributed by atoms with Gasteiger partial charge >= 0.3 is 5.97 Å². The lowest BCUT2D eigenvalue weighted by Gasteiger charge is -2.06. The Labute approximate surface area is 73.8 Å². The number of hydrogen-bond donors (Lipinski definition) is 1. The first-order chi connectivity index (χ1) is 6.00. The van der Waals surface area contributed by atoms with Crippen LogP contribution in [0, 0.1) is 11.6 Å². The molecule has 0 aliphatic carbocycles. The SMILES string of the molecule is CC(C(=O)O)c1cc(F)cc(F)c1. The topological polar surface area (TPSA) is 37.3 Å². The molecule has 2 nitrogen and oxygen atoms in total. The van der Waals surface area contributed by atoms with Gasteiger partial charge in [0, 0.05) is 6.07 Å². The van der Waals surface area contributed by atoms with Gasteiger partial charge in [-0.05, 0) is 24.6 Å². The molecule has 0 amide bonds. The number of carboxylic acid groups (broad SMARTS) is 1. The molecule has 0 bridgehead atoms. The minimum atomic E-state index is -1.11. The summed E-state index contributed by atoms with van der Waals surface area (Å²) in [4.78, 5) is 10.5. The fraction of sp³-hybridized carbons (Fsp3) is 0.222. The fourth-order valence-electron chi connectivity index (χ4n) is 0.968. The van der Waals surface area contributed by atoms with Crippen LogP contribution in [0.5, 0.6) is 0 Å². The Morgan fingerprint density at radius 3 is 2.15 bits per heavy atom. The van der Waals surface area contributed by atoms with Gasteiger partial charge in [0.25, 0.3) is 0 Å². The lowest BCUT2D eigenvalue weighted by Crippen LogP contribution is -2.07. The van der Waals surface area contributed by atoms with Crippen molar-refractivity contribution in [3.8, 4) is 0 Å². The van der Waals surface area contributed by atoms with Crippen LogP contribution >= 0.6 is 0 Å². The molecule has 0 aliphatic rings. The van der Waals surface area contributed by atoms with Crippen LogP contribution in [-0.4, -0.2) is 11.1 Å². The van der Waals surface area contributed by atoms with Gasteiger partial charge < -0.3 is 5.11 Å². The van der Waals surface area contributed by atoms with E-state index in [1.54, 1.807) is 0 Å². The van der Waals surface area contributed by atoms with Gasteiger partial charge in [-0.2, -0.15) is 0 Å². The second-order valence-corrected chi connectivity index (χ2v) is 2.76. The van der Waals surface area contributed by atoms with E-state index in [-0.39, 0.29) is 5.56 Å². The summed E-state index contributed by atoms with van der Waals surface area (Å²) < 4.78 is 25.2. The molecule has 4 heteroatoms. The molecule has 1 rings (SSSR count). The summed E-state index contributed by atoms with van der Waals surface area (Å²) in [6.07, 6.45) is 0. The van der Waals surface area contributed by atoms with Gasteiger partial charge in [-0.15, -0.1) is 0 Å². The molecule has 0 saturated carbocycles. The molecule has 0 heterocycles. The summed E-state index contributed by atoms with van der Waals surface area (Å²) in [5.41, 5.74) is 0.130. The Hall–Kier alpha value is -1.45. The van der Waals surface area contributed by atoms with Crippen molar-refractivity contribution in [1.29, 1.82) is 0 Å². The smallest absolute Gasteiger partial charge is 0.310 e. The van der Waals surface area contributed by atoms with Gasteiger partial charge in [0.15, 0.2) is 0 Å². The molecule has 0 radical (unpaired) electrons. The van der Waals surface area contributed by atoms with Crippen molar-refractivity contribution >= 4 is 5.97 Å². The number of rotatable bonds is 2. The Balaban J connectivity index is 3.07. The van der Waals surface area contributed by atoms with Gasteiger partial charge in [0.05, 0.1) is 5.92 Å². The molecule has 70 valence electrons. The minimum Gasteiger partial charge on any atom is -0.481 e. The third-order valence-corrected chi connectivity index (χ3v) is 1.76. The highest BCUT2D eigenvalue weighted by atomic mass is 19.1. The van der Waals surface area contributed by atoms with Crippen LogP contribution in [0.15, 0.2) is 18.2 Å². The lowest BCUT2D eigenvalue weighted by molar-refractivity contribution is -0.138. The number of hydrogen-bond acceptors (Lipinski definition) is 1. The van der Waals surface area contributed by atoms with Crippen molar-refractivity contribution in [1.82, 2.24) is 0 Å². The number of benzene rings is 1. The first kappa shape index (κ1) is 9.64. The molecule has 0 saturated heterocycles. The van der Waals surface area contributed by atoms with E-state index < -0.39 is 23.5 Å². The number of halogens is 2. The van der Waals surface area contributed by atoms with E-state index in [2.05, 4.69) is 0 Å². The first-order valence-electron chi connectivity index (χ1n) is 3.69. The Morgan fingerprint density at radius 2 is 1.77 bits per heavy atom. The van der Waals surface area contributed by atoms with E-state index in [0.29, 0.717) is 6.07 Å². The molecule has 1 aromatic rings. The van der Waals surface area contributed by atoms with E-state index in [1.165, 1.54) is 6.92 Å². The zero-order valence-electron chi connectivity index (χ0n) is 6.92. The number of aliphatic carboxylic acids is 1. The number of carbonyl (C=O) groups is 1. The second-order valence-electron chi connectivity index (χ2n) is 2.76. The van der Waals surface area contributed by atoms with E-state index in [0.717, 1.165) is 12.1 Å². The molecule has 1 N–H and O–H groups in total. The third kappa shape index (κ3) is 2.24. The molecule has 0 spiro atoms. The van der Waals surface area contributed by atoms with Crippen LogP contribution in [0.25, 0.3) is 0 Å². The van der Waals surface area contributed by atoms with Crippen LogP contribution in [0.3, 0.4) is 0 Å². The van der Waals surface area contributed by atoms with Crippen molar-refractivity contribution in [2.24, 2.45) is 0 Å². The summed E-state index contributed by atoms with van der Waals surface area (Å²) in [5.74, 6) is -3.53. The molecule has 0 aromatic heterocycles. The molecular formula is C9H8F2O2. The maximum Gasteiger partial charge on any atom is 0.310 e. The van der Waals surface area contributed by atoms with Crippen molar-refractivity contribution < 1.29 is 18.7 Å². The van der Waals surface area contributed by atoms with Crippen LogP contribution in [-0.2, 0) is 4.79 Å². The first-order valence-corrected chi connectivity index (χ1v) is 3.69. The second kappa shape index (κ2) is 3.51. The summed E-state index contributed by atoms with van der Waals surface area (Å²) in [5, 5.41) is 8.57.